The predicted octanol–water partition coefficient (Wildman–Crippen LogP) is 5.58. The zero-order valence-electron chi connectivity index (χ0n) is 17.7. The van der Waals surface area contributed by atoms with Gasteiger partial charge in [-0.3, -0.25) is 9.80 Å². The van der Waals surface area contributed by atoms with Gasteiger partial charge in [-0.2, -0.15) is 52.7 Å². The van der Waals surface area contributed by atoms with Gasteiger partial charge in [-0.05, 0) is 27.7 Å². The minimum atomic E-state index is -7.89. The van der Waals surface area contributed by atoms with Gasteiger partial charge in [-0.25, -0.2) is 9.59 Å². The summed E-state index contributed by atoms with van der Waals surface area (Å²) in [6.45, 7) is -2.64. The Morgan fingerprint density at radius 3 is 0.912 bits per heavy atom. The third-order valence-corrected chi connectivity index (χ3v) is 4.58. The van der Waals surface area contributed by atoms with E-state index in [1.807, 2.05) is 0 Å². The van der Waals surface area contributed by atoms with Crippen molar-refractivity contribution in [3.8, 4) is 0 Å². The Balaban J connectivity index is 6.51. The van der Waals surface area contributed by atoms with Gasteiger partial charge in [0, 0.05) is 12.1 Å². The second-order valence-corrected chi connectivity index (χ2v) is 7.71. The van der Waals surface area contributed by atoms with Crippen molar-refractivity contribution in [3.05, 3.63) is 0 Å². The first-order chi connectivity index (χ1) is 14.7. The van der Waals surface area contributed by atoms with E-state index in [0.717, 1.165) is 27.7 Å². The molecule has 2 amide bonds. The van der Waals surface area contributed by atoms with Crippen LogP contribution in [0.5, 0.6) is 0 Å². The van der Waals surface area contributed by atoms with Crippen molar-refractivity contribution in [1.82, 2.24) is 9.80 Å². The molecule has 2 N–H and O–H groups in total. The van der Waals surface area contributed by atoms with Gasteiger partial charge in [-0.15, -0.1) is 0 Å². The molecule has 0 rings (SSSR count). The number of carbonyl (C=O) groups is 2. The predicted molar refractivity (Wildman–Crippen MR) is 89.4 cm³/mol. The van der Waals surface area contributed by atoms with Crippen LogP contribution in [-0.4, -0.2) is 92.9 Å². The van der Waals surface area contributed by atoms with E-state index in [2.05, 4.69) is 0 Å². The third kappa shape index (κ3) is 5.18. The van der Waals surface area contributed by atoms with E-state index < -0.39 is 82.7 Å². The molecule has 0 bridgehead atoms. The average Bonchev–Trinajstić information content (AvgIpc) is 2.62. The third-order valence-electron chi connectivity index (χ3n) is 4.58. The van der Waals surface area contributed by atoms with E-state index in [4.69, 9.17) is 10.2 Å². The fraction of sp³-hybridized carbons (Fsp3) is 0.875. The van der Waals surface area contributed by atoms with Crippen LogP contribution in [0.1, 0.15) is 27.7 Å². The topological polar surface area (TPSA) is 81.1 Å². The lowest BCUT2D eigenvalue weighted by Gasteiger charge is -2.43. The number of hydrogen-bond acceptors (Lipinski definition) is 2. The van der Waals surface area contributed by atoms with Gasteiger partial charge < -0.3 is 10.2 Å². The van der Waals surface area contributed by atoms with E-state index in [1.165, 1.54) is 0 Å². The van der Waals surface area contributed by atoms with Crippen LogP contribution in [0.2, 0.25) is 0 Å². The molecule has 6 nitrogen and oxygen atoms in total. The number of alkyl halides is 12. The van der Waals surface area contributed by atoms with Crippen LogP contribution in [0.25, 0.3) is 0 Å². The summed E-state index contributed by atoms with van der Waals surface area (Å²) in [6.07, 6.45) is -4.81. The fourth-order valence-corrected chi connectivity index (χ4v) is 2.42. The number of nitrogens with zero attached hydrogens (tertiary/aromatic N) is 2. The van der Waals surface area contributed by atoms with Crippen molar-refractivity contribution in [2.45, 2.75) is 75.3 Å². The lowest BCUT2D eigenvalue weighted by Crippen LogP contribution is -2.72. The summed E-state index contributed by atoms with van der Waals surface area (Å²) in [7, 11) is 0. The quantitative estimate of drug-likeness (QED) is 0.341. The Bertz CT molecular complexity index is 696. The van der Waals surface area contributed by atoms with Crippen molar-refractivity contribution >= 4 is 12.2 Å². The van der Waals surface area contributed by atoms with Crippen LogP contribution in [-0.2, 0) is 0 Å². The molecule has 0 aliphatic heterocycles. The van der Waals surface area contributed by atoms with Gasteiger partial charge >= 0.3 is 47.7 Å². The maximum absolute atomic E-state index is 13.9. The highest BCUT2D eigenvalue weighted by atomic mass is 19.4. The van der Waals surface area contributed by atoms with Gasteiger partial charge in [0.2, 0.25) is 0 Å². The zero-order chi connectivity index (χ0) is 27.9. The van der Waals surface area contributed by atoms with Crippen LogP contribution in [0.4, 0.5) is 62.3 Å². The maximum atomic E-state index is 13.9. The van der Waals surface area contributed by atoms with Gasteiger partial charge in [0.05, 0.1) is 13.1 Å². The summed E-state index contributed by atoms with van der Waals surface area (Å²) in [5, 5.41) is 17.4. The average molecular weight is 532 g/mol. The fourth-order valence-electron chi connectivity index (χ4n) is 2.42. The summed E-state index contributed by atoms with van der Waals surface area (Å²) in [4.78, 5) is 20.5. The van der Waals surface area contributed by atoms with Gasteiger partial charge in [0.25, 0.3) is 0 Å². The number of amides is 2. The van der Waals surface area contributed by atoms with Crippen LogP contribution in [0, 0.1) is 0 Å². The second kappa shape index (κ2) is 9.39. The summed E-state index contributed by atoms with van der Waals surface area (Å²) in [5.74, 6) is -43.7. The monoisotopic (exact) mass is 532 g/mol. The smallest absolute Gasteiger partial charge is 0.407 e. The second-order valence-electron chi connectivity index (χ2n) is 7.71. The summed E-state index contributed by atoms with van der Waals surface area (Å²) >= 11 is 0. The van der Waals surface area contributed by atoms with Gasteiger partial charge in [0.1, 0.15) is 0 Å². The van der Waals surface area contributed by atoms with Crippen molar-refractivity contribution in [2.75, 3.05) is 13.1 Å². The molecule has 0 aromatic heterocycles. The minimum Gasteiger partial charge on any atom is -0.465 e. The summed E-state index contributed by atoms with van der Waals surface area (Å²) < 4.78 is 167. The Morgan fingerprint density at radius 1 is 0.559 bits per heavy atom. The number of halogens is 12. The number of rotatable bonds is 11. The van der Waals surface area contributed by atoms with E-state index in [9.17, 15) is 62.3 Å². The molecule has 202 valence electrons. The van der Waals surface area contributed by atoms with Gasteiger partial charge in [-0.1, -0.05) is 0 Å². The van der Waals surface area contributed by atoms with E-state index >= 15 is 0 Å². The molecule has 0 saturated heterocycles. The molecule has 0 atom stereocenters. The number of carboxylic acid groups (broad SMARTS) is 2. The Hall–Kier alpha value is -2.30. The first-order valence-electron chi connectivity index (χ1n) is 8.99. The highest BCUT2D eigenvalue weighted by Gasteiger charge is 2.90. The van der Waals surface area contributed by atoms with E-state index in [-0.39, 0.29) is 0 Å². The molecular formula is C16H20F12N2O4. The Kier molecular flexibility index (Phi) is 8.76. The molecule has 0 aliphatic rings. The summed E-state index contributed by atoms with van der Waals surface area (Å²) in [5.41, 5.74) is 0. The molecule has 34 heavy (non-hydrogen) atoms. The van der Waals surface area contributed by atoms with E-state index in [1.54, 1.807) is 0 Å². The molecule has 0 aromatic carbocycles. The largest absolute Gasteiger partial charge is 0.465 e. The van der Waals surface area contributed by atoms with E-state index in [0.29, 0.717) is 0 Å². The van der Waals surface area contributed by atoms with Crippen molar-refractivity contribution in [3.63, 3.8) is 0 Å². The summed E-state index contributed by atoms with van der Waals surface area (Å²) in [6, 6.07) is -3.23. The molecule has 0 heterocycles. The molecule has 0 aliphatic carbocycles. The first-order valence-corrected chi connectivity index (χ1v) is 8.99. The SMILES string of the molecule is CC(C)N(CC(F)(F)C(F)(F)C(F)(F)C(F)(F)C(F)(F)C(F)(F)CN(C(=O)O)C(C)C)C(=O)O. The van der Waals surface area contributed by atoms with Crippen LogP contribution >= 0.6 is 0 Å². The molecule has 0 radical (unpaired) electrons. The lowest BCUT2D eigenvalue weighted by molar-refractivity contribution is -0.425. The molecular weight excluding hydrogens is 512 g/mol. The van der Waals surface area contributed by atoms with Crippen molar-refractivity contribution in [1.29, 1.82) is 0 Å². The Morgan fingerprint density at radius 2 is 0.765 bits per heavy atom. The van der Waals surface area contributed by atoms with Crippen LogP contribution < -0.4 is 0 Å². The number of hydrogen-bond donors (Lipinski definition) is 2. The maximum Gasteiger partial charge on any atom is 0.407 e. The van der Waals surface area contributed by atoms with Crippen molar-refractivity contribution in [2.24, 2.45) is 0 Å². The minimum absolute atomic E-state index is 0.609. The first kappa shape index (κ1) is 31.7. The normalized spacial score (nSPS) is 14.5. The molecule has 0 unspecified atom stereocenters. The highest BCUT2D eigenvalue weighted by molar-refractivity contribution is 5.65. The molecule has 0 spiro atoms. The zero-order valence-corrected chi connectivity index (χ0v) is 17.7. The Labute approximate surface area is 184 Å². The lowest BCUT2D eigenvalue weighted by atomic mass is 9.90. The van der Waals surface area contributed by atoms with Gasteiger partial charge in [0.15, 0.2) is 0 Å². The molecule has 0 fully saturated rings. The van der Waals surface area contributed by atoms with Crippen LogP contribution in [0.3, 0.4) is 0 Å². The van der Waals surface area contributed by atoms with Crippen LogP contribution in [0.15, 0.2) is 0 Å². The molecule has 0 aromatic rings. The molecule has 18 heteroatoms. The highest BCUT2D eigenvalue weighted by Crippen LogP contribution is 2.60. The standard InChI is InChI=1S/C16H20F12N2O4/c1-7(2)29(9(31)32)5-11(17,18)13(21,22)15(25,26)16(27,28)14(23,24)12(19,20)6-30(8(3)4)10(33)34/h7-8H,5-6H2,1-4H3,(H,31,32)(H,33,34). The van der Waals surface area contributed by atoms with Crippen molar-refractivity contribution < 1.29 is 72.5 Å². The molecule has 0 saturated carbocycles.